The lowest BCUT2D eigenvalue weighted by atomic mass is 9.92. The number of hydrogen-bond donors (Lipinski definition) is 0. The normalized spacial score (nSPS) is 13.1. The highest BCUT2D eigenvalue weighted by molar-refractivity contribution is 6.09. The van der Waals surface area contributed by atoms with Crippen molar-refractivity contribution in [3.05, 3.63) is 209 Å². The molecule has 0 atom stereocenters. The van der Waals surface area contributed by atoms with E-state index in [1.807, 2.05) is 0 Å². The number of aryl methyl sites for hydroxylation is 3. The monoisotopic (exact) mass is 880 g/mol. The van der Waals surface area contributed by atoms with Crippen molar-refractivity contribution >= 4 is 45.3 Å². The van der Waals surface area contributed by atoms with Gasteiger partial charge in [-0.3, -0.25) is 0 Å². The van der Waals surface area contributed by atoms with Gasteiger partial charge >= 0.3 is 0 Å². The lowest BCUT2D eigenvalue weighted by molar-refractivity contribution is 0.950. The molecule has 0 radical (unpaired) electrons. The van der Waals surface area contributed by atoms with Crippen LogP contribution in [-0.4, -0.2) is 24.1 Å². The molecule has 12 rings (SSSR count). The first kappa shape index (κ1) is 41.3. The Morgan fingerprint density at radius 3 is 1.68 bits per heavy atom. The maximum Gasteiger partial charge on any atom is 0.166 e. The zero-order chi connectivity index (χ0) is 46.0. The third kappa shape index (κ3) is 6.81. The Balaban J connectivity index is 1.15. The Morgan fingerprint density at radius 1 is 0.515 bits per heavy atom. The van der Waals surface area contributed by atoms with E-state index in [4.69, 9.17) is 15.0 Å². The highest BCUT2D eigenvalue weighted by atomic mass is 15.2. The van der Waals surface area contributed by atoms with Crippen LogP contribution in [0.25, 0.3) is 90.6 Å². The molecule has 0 amide bonds. The average molecular weight is 881 g/mol. The highest BCUT2D eigenvalue weighted by Gasteiger charge is 2.28. The molecule has 10 aromatic rings. The summed E-state index contributed by atoms with van der Waals surface area (Å²) < 4.78 is 4.84. The molecule has 330 valence electrons. The number of para-hydroxylation sites is 3. The Labute approximate surface area is 398 Å². The molecule has 0 N–H and O–H groups in total. The van der Waals surface area contributed by atoms with Crippen LogP contribution in [0.3, 0.4) is 0 Å². The van der Waals surface area contributed by atoms with E-state index < -0.39 is 0 Å². The molecule has 1 aliphatic heterocycles. The van der Waals surface area contributed by atoms with Gasteiger partial charge in [0, 0.05) is 56.6 Å². The summed E-state index contributed by atoms with van der Waals surface area (Å²) in [5.41, 5.74) is 21.8. The Morgan fingerprint density at radius 2 is 1.04 bits per heavy atom. The number of benzene rings is 7. The zero-order valence-electron chi connectivity index (χ0n) is 39.3. The summed E-state index contributed by atoms with van der Waals surface area (Å²) in [4.78, 5) is 19.3. The summed E-state index contributed by atoms with van der Waals surface area (Å²) >= 11 is 0. The molecule has 68 heavy (non-hydrogen) atoms. The van der Waals surface area contributed by atoms with Crippen LogP contribution in [0.5, 0.6) is 0 Å². The van der Waals surface area contributed by atoms with Gasteiger partial charge in [0.1, 0.15) is 0 Å². The van der Waals surface area contributed by atoms with Gasteiger partial charge in [0.25, 0.3) is 0 Å². The molecule has 6 nitrogen and oxygen atoms in total. The number of aromatic nitrogens is 5. The number of allylic oxidation sites excluding steroid dienone is 2. The van der Waals surface area contributed by atoms with Gasteiger partial charge in [-0.15, -0.1) is 0 Å². The summed E-state index contributed by atoms with van der Waals surface area (Å²) in [6.07, 6.45) is 12.2. The van der Waals surface area contributed by atoms with Crippen LogP contribution in [0.4, 0.5) is 11.4 Å². The van der Waals surface area contributed by atoms with Crippen LogP contribution in [0.2, 0.25) is 0 Å². The van der Waals surface area contributed by atoms with E-state index >= 15 is 0 Å². The fourth-order valence-electron chi connectivity index (χ4n) is 10.7. The van der Waals surface area contributed by atoms with E-state index in [0.29, 0.717) is 24.0 Å². The van der Waals surface area contributed by atoms with Gasteiger partial charge in [-0.25, -0.2) is 15.0 Å². The summed E-state index contributed by atoms with van der Waals surface area (Å²) in [7, 11) is 0. The first-order valence-corrected chi connectivity index (χ1v) is 23.9. The van der Waals surface area contributed by atoms with E-state index in [-0.39, 0.29) is 0 Å². The lowest BCUT2D eigenvalue weighted by Gasteiger charge is -2.34. The predicted octanol–water partition coefficient (Wildman–Crippen LogP) is 15.7. The number of fused-ring (bicyclic) bond motifs is 7. The molecule has 2 aliphatic rings. The molecular weight excluding hydrogens is 829 g/mol. The van der Waals surface area contributed by atoms with Crippen molar-refractivity contribution in [3.8, 4) is 56.7 Å². The molecule has 0 unspecified atom stereocenters. The van der Waals surface area contributed by atoms with Crippen LogP contribution in [0, 0.1) is 27.7 Å². The van der Waals surface area contributed by atoms with E-state index in [9.17, 15) is 0 Å². The Hall–Kier alpha value is -8.09. The van der Waals surface area contributed by atoms with Crippen molar-refractivity contribution < 1.29 is 0 Å². The maximum absolute atomic E-state index is 5.62. The molecular formula is C62H52N6. The zero-order valence-corrected chi connectivity index (χ0v) is 39.3. The molecule has 0 saturated carbocycles. The third-order valence-corrected chi connectivity index (χ3v) is 14.0. The van der Waals surface area contributed by atoms with Crippen LogP contribution in [-0.2, 0) is 13.0 Å². The smallest absolute Gasteiger partial charge is 0.166 e. The topological polar surface area (TPSA) is 51.8 Å². The van der Waals surface area contributed by atoms with Gasteiger partial charge in [-0.05, 0) is 153 Å². The highest BCUT2D eigenvalue weighted by Crippen LogP contribution is 2.46. The van der Waals surface area contributed by atoms with E-state index in [1.54, 1.807) is 0 Å². The molecule has 3 aromatic heterocycles. The summed E-state index contributed by atoms with van der Waals surface area (Å²) in [5, 5.41) is 2.41. The lowest BCUT2D eigenvalue weighted by Crippen LogP contribution is -2.22. The van der Waals surface area contributed by atoms with Crippen molar-refractivity contribution in [1.29, 1.82) is 0 Å². The van der Waals surface area contributed by atoms with Crippen molar-refractivity contribution in [2.75, 3.05) is 4.90 Å². The first-order chi connectivity index (χ1) is 33.3. The van der Waals surface area contributed by atoms with Gasteiger partial charge < -0.3 is 14.0 Å². The van der Waals surface area contributed by atoms with Crippen molar-refractivity contribution in [3.63, 3.8) is 0 Å². The van der Waals surface area contributed by atoms with E-state index in [2.05, 4.69) is 225 Å². The Kier molecular flexibility index (Phi) is 10.1. The number of hydrogen-bond acceptors (Lipinski definition) is 4. The second-order valence-electron chi connectivity index (χ2n) is 18.5. The second kappa shape index (κ2) is 16.7. The molecule has 1 aliphatic carbocycles. The van der Waals surface area contributed by atoms with Gasteiger partial charge in [-0.2, -0.15) is 0 Å². The maximum atomic E-state index is 5.62. The minimum Gasteiger partial charge on any atom is -0.336 e. The molecule has 0 fully saturated rings. The number of rotatable bonds is 8. The standard InChI is InChI=1S/C62H52N6/c1-6-7-24-52-42(5)44-19-10-15-26-54(44)67(52)58-36-40(3)30-33-50(58)61-63-60(49-32-29-39(2)35-57(49)66-38-43-18-8-9-20-45(43)46-21-11-14-25-53(46)66)64-62(65-61)51-34-31-41(4)37-59(51)68-55-27-16-12-22-47(55)48-23-13-17-28-56(48)68/h7-9,11-18,20-37H,6,10,19,38H2,1-5H3/b24-7-. The predicted molar refractivity (Wildman–Crippen MR) is 283 cm³/mol. The first-order valence-electron chi connectivity index (χ1n) is 23.9. The SMILES string of the molecule is CC/C=C\c1c(C)c2c(n1-c1cc(C)ccc1-c1nc(-c3ccc(C)cc3N3Cc4ccccc4-c4ccccc43)nc(-c3ccc(C)cc3-n3c4ccccc4c4ccccc43)n1)C=CCC2. The van der Waals surface area contributed by atoms with Crippen LogP contribution in [0.1, 0.15) is 64.5 Å². The van der Waals surface area contributed by atoms with Gasteiger partial charge in [0.2, 0.25) is 0 Å². The number of anilines is 2. The minimum absolute atomic E-state index is 0.612. The molecule has 0 saturated heterocycles. The molecule has 7 aromatic carbocycles. The average Bonchev–Trinajstić information content (AvgIpc) is 3.86. The third-order valence-electron chi connectivity index (χ3n) is 14.0. The molecule has 6 heteroatoms. The van der Waals surface area contributed by atoms with Crippen LogP contribution in [0.15, 0.2) is 164 Å². The molecule has 4 heterocycles. The summed E-state index contributed by atoms with van der Waals surface area (Å²) in [6, 6.07) is 55.0. The largest absolute Gasteiger partial charge is 0.336 e. The van der Waals surface area contributed by atoms with Crippen LogP contribution >= 0.6 is 0 Å². The van der Waals surface area contributed by atoms with Crippen molar-refractivity contribution in [2.24, 2.45) is 0 Å². The van der Waals surface area contributed by atoms with Crippen molar-refractivity contribution in [2.45, 2.75) is 60.4 Å². The van der Waals surface area contributed by atoms with Crippen LogP contribution < -0.4 is 4.90 Å². The summed E-state index contributed by atoms with van der Waals surface area (Å²) in [6.45, 7) is 11.7. The Bertz CT molecular complexity index is 3660. The van der Waals surface area contributed by atoms with Gasteiger partial charge in [0.05, 0.1) is 28.1 Å². The fourth-order valence-corrected chi connectivity index (χ4v) is 10.7. The van der Waals surface area contributed by atoms with E-state index in [0.717, 1.165) is 80.9 Å². The van der Waals surface area contributed by atoms with E-state index in [1.165, 1.54) is 55.5 Å². The number of nitrogens with zero attached hydrogens (tertiary/aromatic N) is 6. The van der Waals surface area contributed by atoms with Crippen molar-refractivity contribution in [1.82, 2.24) is 24.1 Å². The quantitative estimate of drug-likeness (QED) is 0.153. The fraction of sp³-hybridized carbons (Fsp3) is 0.145. The van der Waals surface area contributed by atoms with Gasteiger partial charge in [-0.1, -0.05) is 116 Å². The van der Waals surface area contributed by atoms with Gasteiger partial charge in [0.15, 0.2) is 17.5 Å². The minimum atomic E-state index is 0.612. The summed E-state index contributed by atoms with van der Waals surface area (Å²) in [5.74, 6) is 1.85. The second-order valence-corrected chi connectivity index (χ2v) is 18.5. The molecule has 0 spiro atoms. The molecule has 0 bridgehead atoms.